The van der Waals surface area contributed by atoms with Gasteiger partial charge in [-0.05, 0) is 38.5 Å². The molecule has 0 aromatic heterocycles. The van der Waals surface area contributed by atoms with Crippen molar-refractivity contribution in [2.24, 2.45) is 5.92 Å². The van der Waals surface area contributed by atoms with Gasteiger partial charge in [-0.25, -0.2) is 4.79 Å². The van der Waals surface area contributed by atoms with Crippen LogP contribution >= 0.6 is 0 Å². The van der Waals surface area contributed by atoms with Crippen molar-refractivity contribution in [3.05, 3.63) is 0 Å². The molecule has 0 heterocycles. The molecule has 2 rings (SSSR count). The number of hydrogen-bond donors (Lipinski definition) is 2. The zero-order valence-electron chi connectivity index (χ0n) is 9.48. The number of nitrogens with zero attached hydrogens (tertiary/aromatic N) is 1. The van der Waals surface area contributed by atoms with E-state index in [0.717, 1.165) is 12.8 Å². The van der Waals surface area contributed by atoms with Crippen LogP contribution < -0.4 is 5.32 Å². The van der Waals surface area contributed by atoms with Crippen LogP contribution in [-0.4, -0.2) is 40.6 Å². The van der Waals surface area contributed by atoms with Gasteiger partial charge in [0.05, 0.1) is 0 Å². The first-order chi connectivity index (χ1) is 7.58. The number of urea groups is 1. The van der Waals surface area contributed by atoms with Crippen molar-refractivity contribution in [2.75, 3.05) is 6.54 Å². The summed E-state index contributed by atoms with van der Waals surface area (Å²) >= 11 is 0. The predicted octanol–water partition coefficient (Wildman–Crippen LogP) is 1.04. The standard InChI is InChI=1S/C11H18N2O3/c1-7(8-2-3-8)12-11(16)13(6-10(14)15)9-4-5-9/h7-9H,2-6H2,1H3,(H,12,16)(H,14,15). The topological polar surface area (TPSA) is 69.6 Å². The average molecular weight is 226 g/mol. The molecule has 0 spiro atoms. The Morgan fingerprint density at radius 1 is 1.38 bits per heavy atom. The van der Waals surface area contributed by atoms with E-state index in [1.165, 1.54) is 17.7 Å². The summed E-state index contributed by atoms with van der Waals surface area (Å²) in [5, 5.41) is 11.6. The Hall–Kier alpha value is -1.26. The molecule has 0 aromatic carbocycles. The summed E-state index contributed by atoms with van der Waals surface area (Å²) in [6.45, 7) is 1.80. The minimum atomic E-state index is -0.943. The number of carbonyl (C=O) groups is 2. The lowest BCUT2D eigenvalue weighted by Gasteiger charge is -2.23. The van der Waals surface area contributed by atoms with E-state index in [4.69, 9.17) is 5.11 Å². The average Bonchev–Trinajstić information content (AvgIpc) is 3.01. The van der Waals surface area contributed by atoms with Crippen molar-refractivity contribution >= 4 is 12.0 Å². The lowest BCUT2D eigenvalue weighted by Crippen LogP contribution is -2.47. The Kier molecular flexibility index (Phi) is 3.03. The lowest BCUT2D eigenvalue weighted by molar-refractivity contribution is -0.137. The maximum absolute atomic E-state index is 11.9. The van der Waals surface area contributed by atoms with E-state index >= 15 is 0 Å². The Morgan fingerprint density at radius 3 is 2.44 bits per heavy atom. The van der Waals surface area contributed by atoms with Gasteiger partial charge in [0, 0.05) is 12.1 Å². The Morgan fingerprint density at radius 2 is 2.00 bits per heavy atom. The predicted molar refractivity (Wildman–Crippen MR) is 58.1 cm³/mol. The molecule has 0 saturated heterocycles. The Balaban J connectivity index is 1.85. The second-order valence-electron chi connectivity index (χ2n) is 4.83. The third-order valence-electron chi connectivity index (χ3n) is 3.23. The molecule has 2 N–H and O–H groups in total. The van der Waals surface area contributed by atoms with Crippen LogP contribution in [0.1, 0.15) is 32.6 Å². The molecule has 1 unspecified atom stereocenters. The smallest absolute Gasteiger partial charge is 0.323 e. The summed E-state index contributed by atoms with van der Waals surface area (Å²) in [7, 11) is 0. The third-order valence-corrected chi connectivity index (χ3v) is 3.23. The fourth-order valence-corrected chi connectivity index (χ4v) is 1.89. The normalized spacial score (nSPS) is 21.3. The van der Waals surface area contributed by atoms with Gasteiger partial charge >= 0.3 is 12.0 Å². The molecule has 0 aromatic rings. The number of aliphatic carboxylic acids is 1. The van der Waals surface area contributed by atoms with E-state index in [1.54, 1.807) is 0 Å². The summed E-state index contributed by atoms with van der Waals surface area (Å²) in [5.74, 6) is -0.351. The van der Waals surface area contributed by atoms with Gasteiger partial charge in [0.15, 0.2) is 0 Å². The van der Waals surface area contributed by atoms with Crippen LogP contribution in [0.5, 0.6) is 0 Å². The van der Waals surface area contributed by atoms with E-state index < -0.39 is 5.97 Å². The first-order valence-corrected chi connectivity index (χ1v) is 5.87. The van der Waals surface area contributed by atoms with Crippen LogP contribution in [0.25, 0.3) is 0 Å². The number of nitrogens with one attached hydrogen (secondary N) is 1. The van der Waals surface area contributed by atoms with Gasteiger partial charge in [0.1, 0.15) is 6.54 Å². The fraction of sp³-hybridized carbons (Fsp3) is 0.818. The highest BCUT2D eigenvalue weighted by Crippen LogP contribution is 2.33. The van der Waals surface area contributed by atoms with E-state index in [9.17, 15) is 9.59 Å². The van der Waals surface area contributed by atoms with Crippen LogP contribution in [0.4, 0.5) is 4.79 Å². The van der Waals surface area contributed by atoms with Crippen LogP contribution in [0.15, 0.2) is 0 Å². The summed E-state index contributed by atoms with van der Waals surface area (Å²) < 4.78 is 0. The van der Waals surface area contributed by atoms with E-state index in [-0.39, 0.29) is 24.7 Å². The maximum atomic E-state index is 11.9. The molecule has 2 fully saturated rings. The summed E-state index contributed by atoms with van der Waals surface area (Å²) in [6, 6.07) is 0.0920. The monoisotopic (exact) mass is 226 g/mol. The van der Waals surface area contributed by atoms with Gasteiger partial charge in [-0.3, -0.25) is 4.79 Å². The molecule has 0 radical (unpaired) electrons. The van der Waals surface area contributed by atoms with Crippen molar-refractivity contribution in [1.29, 1.82) is 0 Å². The maximum Gasteiger partial charge on any atom is 0.323 e. The first kappa shape index (κ1) is 11.2. The zero-order chi connectivity index (χ0) is 11.7. The van der Waals surface area contributed by atoms with E-state index in [1.807, 2.05) is 6.92 Å². The summed E-state index contributed by atoms with van der Waals surface area (Å²) in [6.07, 6.45) is 4.20. The Labute approximate surface area is 94.8 Å². The van der Waals surface area contributed by atoms with Crippen LogP contribution in [-0.2, 0) is 4.79 Å². The largest absolute Gasteiger partial charge is 0.480 e. The van der Waals surface area contributed by atoms with Gasteiger partial charge in [0.25, 0.3) is 0 Å². The van der Waals surface area contributed by atoms with Gasteiger partial charge in [-0.1, -0.05) is 0 Å². The zero-order valence-corrected chi connectivity index (χ0v) is 9.48. The molecule has 90 valence electrons. The number of carboxylic acid groups (broad SMARTS) is 1. The van der Waals surface area contributed by atoms with Crippen molar-refractivity contribution in [3.8, 4) is 0 Å². The third kappa shape index (κ3) is 2.87. The molecule has 16 heavy (non-hydrogen) atoms. The molecule has 5 heteroatoms. The highest BCUT2D eigenvalue weighted by Gasteiger charge is 2.36. The Bertz CT molecular complexity index is 298. The lowest BCUT2D eigenvalue weighted by atomic mass is 10.2. The van der Waals surface area contributed by atoms with Gasteiger partial charge in [-0.15, -0.1) is 0 Å². The molecule has 5 nitrogen and oxygen atoms in total. The number of carboxylic acids is 1. The minimum absolute atomic E-state index is 0.141. The van der Waals surface area contributed by atoms with Crippen molar-refractivity contribution in [1.82, 2.24) is 10.2 Å². The molecule has 1 atom stereocenters. The number of hydrogen-bond acceptors (Lipinski definition) is 2. The molecule has 0 bridgehead atoms. The van der Waals surface area contributed by atoms with Crippen LogP contribution in [0, 0.1) is 5.92 Å². The highest BCUT2D eigenvalue weighted by molar-refractivity contribution is 5.80. The highest BCUT2D eigenvalue weighted by atomic mass is 16.4. The number of amides is 2. The minimum Gasteiger partial charge on any atom is -0.480 e. The van der Waals surface area contributed by atoms with Crippen molar-refractivity contribution in [2.45, 2.75) is 44.7 Å². The van der Waals surface area contributed by atoms with Gasteiger partial charge < -0.3 is 15.3 Å². The van der Waals surface area contributed by atoms with Gasteiger partial charge in [0.2, 0.25) is 0 Å². The summed E-state index contributed by atoms with van der Waals surface area (Å²) in [5.41, 5.74) is 0. The van der Waals surface area contributed by atoms with Crippen molar-refractivity contribution < 1.29 is 14.7 Å². The van der Waals surface area contributed by atoms with E-state index in [0.29, 0.717) is 5.92 Å². The molecule has 2 aliphatic carbocycles. The van der Waals surface area contributed by atoms with Crippen molar-refractivity contribution in [3.63, 3.8) is 0 Å². The van der Waals surface area contributed by atoms with Crippen LogP contribution in [0.2, 0.25) is 0 Å². The second kappa shape index (κ2) is 4.31. The van der Waals surface area contributed by atoms with E-state index in [2.05, 4.69) is 5.32 Å². The molecule has 2 aliphatic rings. The SMILES string of the molecule is CC(NC(=O)N(CC(=O)O)C1CC1)C1CC1. The number of carbonyl (C=O) groups excluding carboxylic acids is 1. The summed E-state index contributed by atoms with van der Waals surface area (Å²) in [4.78, 5) is 24.0. The number of rotatable bonds is 5. The van der Waals surface area contributed by atoms with Crippen LogP contribution in [0.3, 0.4) is 0 Å². The molecular weight excluding hydrogens is 208 g/mol. The molecular formula is C11H18N2O3. The van der Waals surface area contributed by atoms with Gasteiger partial charge in [-0.2, -0.15) is 0 Å². The quantitative estimate of drug-likeness (QED) is 0.736. The molecule has 2 saturated carbocycles. The first-order valence-electron chi connectivity index (χ1n) is 5.87. The molecule has 2 amide bonds. The fourth-order valence-electron chi connectivity index (χ4n) is 1.89. The second-order valence-corrected chi connectivity index (χ2v) is 4.83. The molecule has 0 aliphatic heterocycles.